The molecule has 1 saturated carbocycles. The molecule has 0 radical (unpaired) electrons. The zero-order valence-corrected chi connectivity index (χ0v) is 25.0. The summed E-state index contributed by atoms with van der Waals surface area (Å²) >= 11 is 0. The number of aryl methyl sites for hydroxylation is 1. The molecule has 1 fully saturated rings. The number of aliphatic hydroxyl groups is 1. The van der Waals surface area contributed by atoms with E-state index in [-0.39, 0.29) is 23.2 Å². The smallest absolute Gasteiger partial charge is 0.340 e. The normalized spacial score (nSPS) is 17.7. The molecule has 5 rings (SSSR count). The summed E-state index contributed by atoms with van der Waals surface area (Å²) in [6.45, 7) is 3.18. The highest BCUT2D eigenvalue weighted by atomic mass is 19.3. The SMILES string of the molecule is Cc1cc(Nc2cc(C(F)F)ccn2)nc(-c2ccc([C@](C)(O)C3CCC(C(=O)OCOC(=O)c4ccccc4)CC3)nc2)c1. The third kappa shape index (κ3) is 7.85. The molecule has 1 atom stereocenters. The fourth-order valence-corrected chi connectivity index (χ4v) is 5.52. The monoisotopic (exact) mass is 616 g/mol. The van der Waals surface area contributed by atoms with Crippen molar-refractivity contribution in [1.82, 2.24) is 15.0 Å². The highest BCUT2D eigenvalue weighted by molar-refractivity contribution is 5.89. The van der Waals surface area contributed by atoms with Gasteiger partial charge in [0.05, 0.1) is 22.9 Å². The van der Waals surface area contributed by atoms with Gasteiger partial charge in [-0.1, -0.05) is 18.2 Å². The lowest BCUT2D eigenvalue weighted by Crippen LogP contribution is -2.37. The van der Waals surface area contributed by atoms with Crippen molar-refractivity contribution in [2.75, 3.05) is 12.1 Å². The molecule has 0 spiro atoms. The molecule has 11 heteroatoms. The molecule has 9 nitrogen and oxygen atoms in total. The zero-order chi connectivity index (χ0) is 32.0. The van der Waals surface area contributed by atoms with E-state index in [0.717, 1.165) is 11.1 Å². The van der Waals surface area contributed by atoms with Crippen LogP contribution >= 0.6 is 0 Å². The molecular formula is C34H34F2N4O5. The summed E-state index contributed by atoms with van der Waals surface area (Å²) in [6, 6.07) is 18.3. The molecular weight excluding hydrogens is 582 g/mol. The number of anilines is 2. The maximum Gasteiger partial charge on any atom is 0.340 e. The highest BCUT2D eigenvalue weighted by Crippen LogP contribution is 2.41. The van der Waals surface area contributed by atoms with E-state index in [2.05, 4.69) is 20.3 Å². The van der Waals surface area contributed by atoms with Crippen molar-refractivity contribution in [1.29, 1.82) is 0 Å². The second-order valence-corrected chi connectivity index (χ2v) is 11.3. The number of carbonyl (C=O) groups excluding carboxylic acids is 2. The molecule has 3 aromatic heterocycles. The van der Waals surface area contributed by atoms with E-state index >= 15 is 0 Å². The summed E-state index contributed by atoms with van der Waals surface area (Å²) in [4.78, 5) is 37.9. The highest BCUT2D eigenvalue weighted by Gasteiger charge is 2.39. The number of esters is 2. The van der Waals surface area contributed by atoms with Crippen LogP contribution < -0.4 is 5.32 Å². The Morgan fingerprint density at radius 2 is 1.73 bits per heavy atom. The summed E-state index contributed by atoms with van der Waals surface area (Å²) < 4.78 is 36.4. The van der Waals surface area contributed by atoms with Gasteiger partial charge in [-0.25, -0.2) is 23.5 Å². The largest absolute Gasteiger partial charge is 0.428 e. The Hall–Kier alpha value is -4.77. The summed E-state index contributed by atoms with van der Waals surface area (Å²) in [6.07, 6.45) is 2.60. The molecule has 1 aromatic carbocycles. The molecule has 0 unspecified atom stereocenters. The van der Waals surface area contributed by atoms with Crippen molar-refractivity contribution < 1.29 is 33.0 Å². The van der Waals surface area contributed by atoms with Crippen LogP contribution in [0.25, 0.3) is 11.3 Å². The van der Waals surface area contributed by atoms with Gasteiger partial charge in [-0.3, -0.25) is 9.78 Å². The summed E-state index contributed by atoms with van der Waals surface area (Å²) in [5.74, 6) is -0.743. The topological polar surface area (TPSA) is 124 Å². The van der Waals surface area contributed by atoms with Gasteiger partial charge in [0.15, 0.2) is 0 Å². The van der Waals surface area contributed by atoms with Crippen molar-refractivity contribution in [2.24, 2.45) is 11.8 Å². The number of carbonyl (C=O) groups is 2. The molecule has 0 saturated heterocycles. The quantitative estimate of drug-likeness (QED) is 0.145. The minimum absolute atomic E-state index is 0.125. The van der Waals surface area contributed by atoms with Gasteiger partial charge in [0, 0.05) is 23.5 Å². The number of nitrogens with zero attached hydrogens (tertiary/aromatic N) is 3. The molecule has 0 aliphatic heterocycles. The third-order valence-electron chi connectivity index (χ3n) is 8.10. The van der Waals surface area contributed by atoms with Crippen LogP contribution in [0.3, 0.4) is 0 Å². The summed E-state index contributed by atoms with van der Waals surface area (Å²) in [5.41, 5.74) is 1.75. The van der Waals surface area contributed by atoms with Gasteiger partial charge in [0.1, 0.15) is 17.2 Å². The molecule has 3 heterocycles. The lowest BCUT2D eigenvalue weighted by Gasteiger charge is -2.37. The Balaban J connectivity index is 1.16. The van der Waals surface area contributed by atoms with E-state index in [4.69, 9.17) is 9.47 Å². The first-order valence-corrected chi connectivity index (χ1v) is 14.7. The second kappa shape index (κ2) is 13.9. The minimum atomic E-state index is -2.61. The molecule has 4 aromatic rings. The maximum atomic E-state index is 13.1. The average Bonchev–Trinajstić information content (AvgIpc) is 3.05. The van der Waals surface area contributed by atoms with Crippen LogP contribution in [0, 0.1) is 18.8 Å². The first-order valence-electron chi connectivity index (χ1n) is 14.7. The van der Waals surface area contributed by atoms with Crippen molar-refractivity contribution in [2.45, 2.75) is 51.6 Å². The van der Waals surface area contributed by atoms with Crippen LogP contribution in [-0.2, 0) is 19.9 Å². The number of alkyl halides is 2. The number of hydrogen-bond donors (Lipinski definition) is 2. The van der Waals surface area contributed by atoms with Gasteiger partial charge in [0.25, 0.3) is 6.43 Å². The number of hydrogen-bond acceptors (Lipinski definition) is 9. The number of halogens is 2. The number of ether oxygens (including phenoxy) is 2. The third-order valence-corrected chi connectivity index (χ3v) is 8.10. The van der Waals surface area contributed by atoms with Crippen LogP contribution in [0.2, 0.25) is 0 Å². The molecule has 2 N–H and O–H groups in total. The average molecular weight is 617 g/mol. The lowest BCUT2D eigenvalue weighted by atomic mass is 9.73. The van der Waals surface area contributed by atoms with Gasteiger partial charge >= 0.3 is 11.9 Å². The van der Waals surface area contributed by atoms with E-state index < -0.39 is 30.8 Å². The zero-order valence-electron chi connectivity index (χ0n) is 25.0. The number of benzene rings is 1. The maximum absolute atomic E-state index is 13.1. The molecule has 0 amide bonds. The van der Waals surface area contributed by atoms with E-state index in [0.29, 0.717) is 48.5 Å². The second-order valence-electron chi connectivity index (χ2n) is 11.3. The van der Waals surface area contributed by atoms with Crippen LogP contribution in [-0.4, -0.2) is 38.8 Å². The van der Waals surface area contributed by atoms with E-state index in [1.165, 1.54) is 18.3 Å². The Morgan fingerprint density at radius 3 is 2.42 bits per heavy atom. The molecule has 1 aliphatic rings. The molecule has 1 aliphatic carbocycles. The van der Waals surface area contributed by atoms with Gasteiger partial charge < -0.3 is 19.9 Å². The number of aromatic nitrogens is 3. The van der Waals surface area contributed by atoms with Crippen LogP contribution in [0.1, 0.15) is 66.2 Å². The van der Waals surface area contributed by atoms with Crippen LogP contribution in [0.4, 0.5) is 20.4 Å². The summed E-state index contributed by atoms with van der Waals surface area (Å²) in [5, 5.41) is 14.5. The lowest BCUT2D eigenvalue weighted by molar-refractivity contribution is -0.159. The number of rotatable bonds is 10. The first-order chi connectivity index (χ1) is 21.6. The first kappa shape index (κ1) is 31.6. The molecule has 45 heavy (non-hydrogen) atoms. The predicted octanol–water partition coefficient (Wildman–Crippen LogP) is 6.90. The Kier molecular flexibility index (Phi) is 9.77. The Morgan fingerprint density at radius 1 is 0.978 bits per heavy atom. The molecule has 234 valence electrons. The standard InChI is InChI=1S/C34H34F2N4O5/c1-21-16-27(39-30(17-21)40-29-18-24(31(35)36)14-15-37-29)25-10-13-28(38-19-25)34(2,43)26-11-8-23(9-12-26)33(42)45-20-44-32(41)22-6-4-3-5-7-22/h3-7,10,13-19,23,26,31,43H,8-9,11-12,20H2,1-2H3,(H,37,39,40)/t23?,26?,34-/m1/s1. The predicted molar refractivity (Wildman–Crippen MR) is 163 cm³/mol. The number of nitrogens with one attached hydrogen (secondary N) is 1. The fourth-order valence-electron chi connectivity index (χ4n) is 5.52. The van der Waals surface area contributed by atoms with E-state index in [9.17, 15) is 23.5 Å². The minimum Gasteiger partial charge on any atom is -0.428 e. The van der Waals surface area contributed by atoms with Crippen LogP contribution in [0.15, 0.2) is 79.1 Å². The summed E-state index contributed by atoms with van der Waals surface area (Å²) in [7, 11) is 0. The molecule has 0 bridgehead atoms. The van der Waals surface area contributed by atoms with Crippen LogP contribution in [0.5, 0.6) is 0 Å². The van der Waals surface area contributed by atoms with Crippen molar-refractivity contribution in [3.8, 4) is 11.3 Å². The van der Waals surface area contributed by atoms with Gasteiger partial charge in [0.2, 0.25) is 6.79 Å². The van der Waals surface area contributed by atoms with E-state index in [1.807, 2.05) is 19.1 Å². The van der Waals surface area contributed by atoms with Gasteiger partial charge in [-0.15, -0.1) is 0 Å². The van der Waals surface area contributed by atoms with Crippen molar-refractivity contribution in [3.63, 3.8) is 0 Å². The Bertz CT molecular complexity index is 1630. The fraction of sp³-hybridized carbons (Fsp3) is 0.324. The van der Waals surface area contributed by atoms with Gasteiger partial charge in [-0.05, 0) is 99.5 Å². The van der Waals surface area contributed by atoms with Gasteiger partial charge in [-0.2, -0.15) is 0 Å². The van der Waals surface area contributed by atoms with Crippen molar-refractivity contribution in [3.05, 3.63) is 102 Å². The Labute approximate surface area is 259 Å². The number of pyridine rings is 3. The van der Waals surface area contributed by atoms with E-state index in [1.54, 1.807) is 55.6 Å². The van der Waals surface area contributed by atoms with Crippen molar-refractivity contribution >= 4 is 23.6 Å².